The zero-order valence-electron chi connectivity index (χ0n) is 6.56. The van der Waals surface area contributed by atoms with Gasteiger partial charge in [-0.15, -0.1) is 0 Å². The molecule has 0 aromatic carbocycles. The van der Waals surface area contributed by atoms with E-state index in [-0.39, 0.29) is 19.3 Å². The predicted octanol–water partition coefficient (Wildman–Crippen LogP) is 0.477. The fourth-order valence-corrected chi connectivity index (χ4v) is 0.803. The van der Waals surface area contributed by atoms with Gasteiger partial charge in [-0.05, 0) is 18.4 Å². The number of ether oxygens (including phenoxy) is 1. The zero-order chi connectivity index (χ0) is 8.81. The van der Waals surface area contributed by atoms with E-state index >= 15 is 0 Å². The second-order valence-electron chi connectivity index (χ2n) is 2.35. The number of rotatable bonds is 4. The Balaban J connectivity index is 2.11. The van der Waals surface area contributed by atoms with Crippen LogP contribution in [0.2, 0.25) is 0 Å². The van der Waals surface area contributed by atoms with Gasteiger partial charge in [0.1, 0.15) is 6.23 Å². The maximum atomic E-state index is 10.1. The van der Waals surface area contributed by atoms with Crippen LogP contribution in [0.15, 0.2) is 24.4 Å². The number of dihydropyridines is 1. The molecule has 66 valence electrons. The van der Waals surface area contributed by atoms with Crippen LogP contribution in [0.1, 0.15) is 6.42 Å². The van der Waals surface area contributed by atoms with Gasteiger partial charge in [-0.3, -0.25) is 4.79 Å². The van der Waals surface area contributed by atoms with Gasteiger partial charge in [0, 0.05) is 0 Å². The molecular weight excluding hydrogens is 158 g/mol. The van der Waals surface area contributed by atoms with Crippen molar-refractivity contribution in [3.05, 3.63) is 24.4 Å². The van der Waals surface area contributed by atoms with Crippen molar-refractivity contribution in [3.8, 4) is 0 Å². The number of aliphatic carboxylic acids is 1. The number of allylic oxidation sites excluding steroid dienone is 2. The molecule has 4 nitrogen and oxygen atoms in total. The van der Waals surface area contributed by atoms with Gasteiger partial charge in [0.15, 0.2) is 0 Å². The Morgan fingerprint density at radius 2 is 2.42 bits per heavy atom. The summed E-state index contributed by atoms with van der Waals surface area (Å²) in [5.41, 5.74) is 0. The first-order valence-electron chi connectivity index (χ1n) is 3.72. The molecule has 1 aliphatic heterocycles. The Morgan fingerprint density at radius 3 is 3.00 bits per heavy atom. The summed E-state index contributed by atoms with van der Waals surface area (Å²) in [6, 6.07) is 0. The van der Waals surface area contributed by atoms with Gasteiger partial charge < -0.3 is 15.2 Å². The molecule has 0 aliphatic carbocycles. The highest BCUT2D eigenvalue weighted by Gasteiger charge is 2.04. The molecule has 1 heterocycles. The van der Waals surface area contributed by atoms with E-state index in [1.807, 2.05) is 18.2 Å². The van der Waals surface area contributed by atoms with Crippen molar-refractivity contribution in [2.24, 2.45) is 0 Å². The molecule has 0 amide bonds. The molecule has 0 saturated carbocycles. The Bertz CT molecular complexity index is 210. The van der Waals surface area contributed by atoms with Crippen molar-refractivity contribution >= 4 is 5.97 Å². The quantitative estimate of drug-likeness (QED) is 0.642. The van der Waals surface area contributed by atoms with Crippen LogP contribution in [0, 0.1) is 0 Å². The van der Waals surface area contributed by atoms with Crippen LogP contribution in [-0.4, -0.2) is 23.9 Å². The highest BCUT2D eigenvalue weighted by Crippen LogP contribution is 1.97. The van der Waals surface area contributed by atoms with E-state index in [0.717, 1.165) is 0 Å². The average molecular weight is 169 g/mol. The topological polar surface area (TPSA) is 58.6 Å². The molecule has 1 atom stereocenters. The van der Waals surface area contributed by atoms with Crippen LogP contribution in [-0.2, 0) is 9.53 Å². The molecule has 0 spiro atoms. The van der Waals surface area contributed by atoms with Crippen molar-refractivity contribution < 1.29 is 14.6 Å². The summed E-state index contributed by atoms with van der Waals surface area (Å²) in [5.74, 6) is -0.842. The summed E-state index contributed by atoms with van der Waals surface area (Å²) in [4.78, 5) is 10.1. The Labute approximate surface area is 70.5 Å². The van der Waals surface area contributed by atoms with Gasteiger partial charge in [0.05, 0.1) is 13.0 Å². The number of carbonyl (C=O) groups is 1. The van der Waals surface area contributed by atoms with Crippen molar-refractivity contribution in [1.29, 1.82) is 0 Å². The van der Waals surface area contributed by atoms with E-state index in [9.17, 15) is 4.79 Å². The summed E-state index contributed by atoms with van der Waals surface area (Å²) >= 11 is 0. The smallest absolute Gasteiger partial charge is 0.305 e. The predicted molar refractivity (Wildman–Crippen MR) is 43.4 cm³/mol. The lowest BCUT2D eigenvalue weighted by Crippen LogP contribution is -2.27. The number of hydrogen-bond acceptors (Lipinski definition) is 3. The van der Waals surface area contributed by atoms with Crippen LogP contribution in [0.25, 0.3) is 0 Å². The molecule has 12 heavy (non-hydrogen) atoms. The van der Waals surface area contributed by atoms with Crippen molar-refractivity contribution in [3.63, 3.8) is 0 Å². The number of nitrogens with one attached hydrogen (secondary N) is 1. The van der Waals surface area contributed by atoms with Crippen LogP contribution in [0.3, 0.4) is 0 Å². The molecule has 0 bridgehead atoms. The fourth-order valence-electron chi connectivity index (χ4n) is 0.803. The van der Waals surface area contributed by atoms with Crippen LogP contribution in [0.5, 0.6) is 0 Å². The summed E-state index contributed by atoms with van der Waals surface area (Å²) in [5, 5.41) is 11.2. The molecule has 0 aromatic rings. The van der Waals surface area contributed by atoms with Crippen molar-refractivity contribution in [2.45, 2.75) is 12.6 Å². The number of carboxylic acids is 1. The standard InChI is InChI=1S/C8H11NO3/c10-8(11)4-6-12-7-3-1-2-5-9-7/h1-3,5,7,9H,4,6H2,(H,10,11). The SMILES string of the molecule is O=C(O)CCOC1C=CC=CN1. The van der Waals surface area contributed by atoms with Crippen molar-refractivity contribution in [1.82, 2.24) is 5.32 Å². The van der Waals surface area contributed by atoms with E-state index < -0.39 is 5.97 Å². The lowest BCUT2D eigenvalue weighted by molar-refractivity contribution is -0.138. The molecule has 0 radical (unpaired) electrons. The molecule has 0 fully saturated rings. The number of carboxylic acid groups (broad SMARTS) is 1. The van der Waals surface area contributed by atoms with Gasteiger partial charge >= 0.3 is 5.97 Å². The highest BCUT2D eigenvalue weighted by atomic mass is 16.5. The van der Waals surface area contributed by atoms with E-state index in [0.29, 0.717) is 0 Å². The molecular formula is C8H11NO3. The first-order chi connectivity index (χ1) is 5.79. The summed E-state index contributed by atoms with van der Waals surface area (Å²) in [6.07, 6.45) is 7.12. The average Bonchev–Trinajstić information content (AvgIpc) is 2.05. The molecule has 1 unspecified atom stereocenters. The fraction of sp³-hybridized carbons (Fsp3) is 0.375. The lowest BCUT2D eigenvalue weighted by atomic mass is 10.3. The third-order valence-electron chi connectivity index (χ3n) is 1.37. The Hall–Kier alpha value is -1.29. The minimum Gasteiger partial charge on any atom is -0.481 e. The van der Waals surface area contributed by atoms with E-state index in [2.05, 4.69) is 5.32 Å². The third kappa shape index (κ3) is 3.21. The third-order valence-corrected chi connectivity index (χ3v) is 1.37. The molecule has 1 rings (SSSR count). The van der Waals surface area contributed by atoms with Gasteiger partial charge in [-0.1, -0.05) is 6.08 Å². The van der Waals surface area contributed by atoms with Crippen LogP contribution >= 0.6 is 0 Å². The summed E-state index contributed by atoms with van der Waals surface area (Å²) in [7, 11) is 0. The number of hydrogen-bond donors (Lipinski definition) is 2. The second-order valence-corrected chi connectivity index (χ2v) is 2.35. The maximum Gasteiger partial charge on any atom is 0.305 e. The van der Waals surface area contributed by atoms with Crippen LogP contribution in [0.4, 0.5) is 0 Å². The van der Waals surface area contributed by atoms with Crippen molar-refractivity contribution in [2.75, 3.05) is 6.61 Å². The Kier molecular flexibility index (Phi) is 3.35. The maximum absolute atomic E-state index is 10.1. The summed E-state index contributed by atoms with van der Waals surface area (Å²) < 4.78 is 5.16. The first-order valence-corrected chi connectivity index (χ1v) is 3.72. The molecule has 2 N–H and O–H groups in total. The first kappa shape index (κ1) is 8.80. The molecule has 0 saturated heterocycles. The molecule has 0 aromatic heterocycles. The minimum atomic E-state index is -0.842. The van der Waals surface area contributed by atoms with E-state index in [4.69, 9.17) is 9.84 Å². The van der Waals surface area contributed by atoms with Crippen LogP contribution < -0.4 is 5.32 Å². The Morgan fingerprint density at radius 1 is 1.58 bits per heavy atom. The zero-order valence-corrected chi connectivity index (χ0v) is 6.56. The normalized spacial score (nSPS) is 20.5. The molecule has 4 heteroatoms. The minimum absolute atomic E-state index is 0.0374. The van der Waals surface area contributed by atoms with E-state index in [1.54, 1.807) is 6.20 Å². The van der Waals surface area contributed by atoms with Gasteiger partial charge in [-0.2, -0.15) is 0 Å². The largest absolute Gasteiger partial charge is 0.481 e. The lowest BCUT2D eigenvalue weighted by Gasteiger charge is -2.15. The van der Waals surface area contributed by atoms with Gasteiger partial charge in [-0.25, -0.2) is 0 Å². The van der Waals surface area contributed by atoms with Gasteiger partial charge in [0.2, 0.25) is 0 Å². The molecule has 1 aliphatic rings. The highest BCUT2D eigenvalue weighted by molar-refractivity contribution is 5.66. The monoisotopic (exact) mass is 169 g/mol. The second kappa shape index (κ2) is 4.56. The van der Waals surface area contributed by atoms with Gasteiger partial charge in [0.25, 0.3) is 0 Å². The summed E-state index contributed by atoms with van der Waals surface area (Å²) in [6.45, 7) is 0.227. The van der Waals surface area contributed by atoms with E-state index in [1.165, 1.54) is 0 Å².